The first kappa shape index (κ1) is 10.5. The van der Waals surface area contributed by atoms with Crippen LogP contribution in [0.15, 0.2) is 24.9 Å². The van der Waals surface area contributed by atoms with Crippen LogP contribution in [0.4, 0.5) is 0 Å². The molecule has 0 amide bonds. The molecule has 5 nitrogen and oxygen atoms in total. The fourth-order valence-corrected chi connectivity index (χ4v) is 2.44. The molecule has 0 radical (unpaired) electrons. The van der Waals surface area contributed by atoms with Gasteiger partial charge in [0.05, 0.1) is 24.8 Å². The van der Waals surface area contributed by atoms with Gasteiger partial charge in [-0.05, 0) is 19.4 Å². The zero-order chi connectivity index (χ0) is 11.7. The van der Waals surface area contributed by atoms with Crippen molar-refractivity contribution in [2.45, 2.75) is 25.4 Å². The first-order valence-electron chi connectivity index (χ1n) is 6.04. The molecule has 90 valence electrons. The summed E-state index contributed by atoms with van der Waals surface area (Å²) in [7, 11) is 1.94. The highest BCUT2D eigenvalue weighted by atomic mass is 15.2. The van der Waals surface area contributed by atoms with Crippen molar-refractivity contribution >= 4 is 0 Å². The number of aromatic nitrogens is 4. The van der Waals surface area contributed by atoms with Crippen molar-refractivity contribution in [3.8, 4) is 0 Å². The van der Waals surface area contributed by atoms with Crippen LogP contribution in [0.3, 0.4) is 0 Å². The molecule has 0 aromatic carbocycles. The molecule has 1 aliphatic heterocycles. The normalized spacial score (nSPS) is 19.9. The molecule has 3 heterocycles. The van der Waals surface area contributed by atoms with Crippen molar-refractivity contribution in [2.24, 2.45) is 7.05 Å². The monoisotopic (exact) mass is 231 g/mol. The minimum absolute atomic E-state index is 0.467. The molecule has 1 unspecified atom stereocenters. The van der Waals surface area contributed by atoms with Crippen LogP contribution in [-0.2, 0) is 13.6 Å². The van der Waals surface area contributed by atoms with Gasteiger partial charge >= 0.3 is 0 Å². The van der Waals surface area contributed by atoms with E-state index in [0.717, 1.165) is 13.1 Å². The highest BCUT2D eigenvalue weighted by Gasteiger charge is 2.19. The molecule has 5 heteroatoms. The molecule has 0 bridgehead atoms. The van der Waals surface area contributed by atoms with E-state index in [1.807, 2.05) is 36.6 Å². The summed E-state index contributed by atoms with van der Waals surface area (Å²) in [4.78, 5) is 4.27. The van der Waals surface area contributed by atoms with E-state index in [2.05, 4.69) is 20.0 Å². The van der Waals surface area contributed by atoms with Gasteiger partial charge in [0.25, 0.3) is 0 Å². The van der Waals surface area contributed by atoms with Crippen LogP contribution in [0.5, 0.6) is 0 Å². The molecule has 17 heavy (non-hydrogen) atoms. The zero-order valence-corrected chi connectivity index (χ0v) is 10.0. The maximum Gasteiger partial charge on any atom is 0.0951 e. The van der Waals surface area contributed by atoms with Crippen molar-refractivity contribution in [2.75, 3.05) is 6.54 Å². The quantitative estimate of drug-likeness (QED) is 0.860. The Morgan fingerprint density at radius 1 is 1.47 bits per heavy atom. The minimum Gasteiger partial charge on any atom is -0.329 e. The molecule has 0 aliphatic carbocycles. The zero-order valence-electron chi connectivity index (χ0n) is 10.0. The van der Waals surface area contributed by atoms with Crippen LogP contribution in [-0.4, -0.2) is 25.9 Å². The molecular formula is C12H17N5. The van der Waals surface area contributed by atoms with Crippen LogP contribution in [0, 0.1) is 0 Å². The lowest BCUT2D eigenvalue weighted by Crippen LogP contribution is -2.17. The molecule has 1 N–H and O–H groups in total. The van der Waals surface area contributed by atoms with Gasteiger partial charge in [0, 0.05) is 31.0 Å². The molecule has 2 aromatic heterocycles. The van der Waals surface area contributed by atoms with Gasteiger partial charge in [-0.1, -0.05) is 0 Å². The number of hydrogen-bond donors (Lipinski definition) is 1. The van der Waals surface area contributed by atoms with Crippen molar-refractivity contribution in [3.05, 3.63) is 36.2 Å². The van der Waals surface area contributed by atoms with Crippen molar-refractivity contribution in [1.82, 2.24) is 24.6 Å². The molecule has 0 spiro atoms. The fourth-order valence-electron chi connectivity index (χ4n) is 2.44. The average Bonchev–Trinajstić information content (AvgIpc) is 3.00. The third-order valence-electron chi connectivity index (χ3n) is 3.27. The molecule has 0 saturated carbocycles. The summed E-state index contributed by atoms with van der Waals surface area (Å²) in [6.45, 7) is 1.96. The van der Waals surface area contributed by atoms with Crippen LogP contribution in [0.1, 0.15) is 30.1 Å². The Bertz CT molecular complexity index is 492. The third kappa shape index (κ3) is 2.10. The van der Waals surface area contributed by atoms with E-state index in [1.54, 1.807) is 0 Å². The van der Waals surface area contributed by atoms with Crippen LogP contribution in [0.2, 0.25) is 0 Å². The molecule has 1 fully saturated rings. The highest BCUT2D eigenvalue weighted by Crippen LogP contribution is 2.23. The van der Waals surface area contributed by atoms with Crippen molar-refractivity contribution in [1.29, 1.82) is 0 Å². The van der Waals surface area contributed by atoms with E-state index in [4.69, 9.17) is 0 Å². The number of nitrogens with one attached hydrogen (secondary N) is 1. The maximum atomic E-state index is 4.27. The predicted molar refractivity (Wildman–Crippen MR) is 64.5 cm³/mol. The first-order chi connectivity index (χ1) is 8.33. The lowest BCUT2D eigenvalue weighted by Gasteiger charge is -2.13. The Balaban J connectivity index is 1.81. The number of imidazole rings is 1. The topological polar surface area (TPSA) is 47.7 Å². The number of nitrogens with zero attached hydrogens (tertiary/aromatic N) is 4. The summed E-state index contributed by atoms with van der Waals surface area (Å²) in [5, 5.41) is 7.70. The lowest BCUT2D eigenvalue weighted by molar-refractivity contribution is 0.584. The Morgan fingerprint density at radius 3 is 3.12 bits per heavy atom. The van der Waals surface area contributed by atoms with Gasteiger partial charge in [0.2, 0.25) is 0 Å². The predicted octanol–water partition coefficient (Wildman–Crippen LogP) is 1.09. The summed E-state index contributed by atoms with van der Waals surface area (Å²) >= 11 is 0. The van der Waals surface area contributed by atoms with Gasteiger partial charge in [0.1, 0.15) is 0 Å². The van der Waals surface area contributed by atoms with E-state index < -0.39 is 0 Å². The van der Waals surface area contributed by atoms with E-state index >= 15 is 0 Å². The second-order valence-corrected chi connectivity index (χ2v) is 4.62. The Hall–Kier alpha value is -1.62. The SMILES string of the molecule is Cn1cc(Cn2cncc2C2CCCN2)cn1. The molecule has 2 aromatic rings. The summed E-state index contributed by atoms with van der Waals surface area (Å²) in [5.74, 6) is 0. The first-order valence-corrected chi connectivity index (χ1v) is 6.04. The molecule has 1 saturated heterocycles. The average molecular weight is 231 g/mol. The van der Waals surface area contributed by atoms with E-state index in [9.17, 15) is 0 Å². The van der Waals surface area contributed by atoms with Gasteiger partial charge < -0.3 is 9.88 Å². The maximum absolute atomic E-state index is 4.27. The van der Waals surface area contributed by atoms with E-state index in [-0.39, 0.29) is 0 Å². The summed E-state index contributed by atoms with van der Waals surface area (Å²) < 4.78 is 4.04. The second kappa shape index (κ2) is 4.33. The molecule has 1 atom stereocenters. The lowest BCUT2D eigenvalue weighted by atomic mass is 10.1. The van der Waals surface area contributed by atoms with Crippen molar-refractivity contribution in [3.63, 3.8) is 0 Å². The highest BCUT2D eigenvalue weighted by molar-refractivity contribution is 5.12. The molecule has 3 rings (SSSR count). The van der Waals surface area contributed by atoms with Crippen molar-refractivity contribution < 1.29 is 0 Å². The third-order valence-corrected chi connectivity index (χ3v) is 3.27. The number of rotatable bonds is 3. The van der Waals surface area contributed by atoms with Gasteiger partial charge in [-0.3, -0.25) is 4.68 Å². The summed E-state index contributed by atoms with van der Waals surface area (Å²) in [6, 6.07) is 0.467. The Labute approximate surface area is 100 Å². The molecule has 1 aliphatic rings. The van der Waals surface area contributed by atoms with Crippen LogP contribution < -0.4 is 5.32 Å². The van der Waals surface area contributed by atoms with Gasteiger partial charge in [-0.2, -0.15) is 5.10 Å². The largest absolute Gasteiger partial charge is 0.329 e. The number of hydrogen-bond acceptors (Lipinski definition) is 3. The smallest absolute Gasteiger partial charge is 0.0951 e. The summed E-state index contributed by atoms with van der Waals surface area (Å²) in [6.07, 6.45) is 10.3. The van der Waals surface area contributed by atoms with E-state index in [1.165, 1.54) is 24.1 Å². The van der Waals surface area contributed by atoms with E-state index in [0.29, 0.717) is 6.04 Å². The van der Waals surface area contributed by atoms with Gasteiger partial charge in [0.15, 0.2) is 0 Å². The second-order valence-electron chi connectivity index (χ2n) is 4.62. The van der Waals surface area contributed by atoms with Crippen LogP contribution in [0.25, 0.3) is 0 Å². The standard InChI is InChI=1S/C12H17N5/c1-16-7-10(5-15-16)8-17-9-13-6-12(17)11-3-2-4-14-11/h5-7,9,11,14H,2-4,8H2,1H3. The molecular weight excluding hydrogens is 214 g/mol. The van der Waals surface area contributed by atoms with Gasteiger partial charge in [-0.15, -0.1) is 0 Å². The van der Waals surface area contributed by atoms with Crippen LogP contribution >= 0.6 is 0 Å². The Kier molecular flexibility index (Phi) is 2.68. The van der Waals surface area contributed by atoms with Gasteiger partial charge in [-0.25, -0.2) is 4.98 Å². The number of aryl methyl sites for hydroxylation is 1. The Morgan fingerprint density at radius 2 is 2.41 bits per heavy atom. The minimum atomic E-state index is 0.467. The fraction of sp³-hybridized carbons (Fsp3) is 0.500. The summed E-state index contributed by atoms with van der Waals surface area (Å²) in [5.41, 5.74) is 2.50.